The van der Waals surface area contributed by atoms with Crippen molar-refractivity contribution in [2.24, 2.45) is 0 Å². The molecule has 0 aliphatic rings. The fourth-order valence-corrected chi connectivity index (χ4v) is 3.09. The van der Waals surface area contributed by atoms with Crippen molar-refractivity contribution in [2.45, 2.75) is 31.9 Å². The second-order valence-electron chi connectivity index (χ2n) is 5.83. The molecule has 0 saturated carbocycles. The summed E-state index contributed by atoms with van der Waals surface area (Å²) >= 11 is 1.49. The Morgan fingerprint density at radius 1 is 1.25 bits per heavy atom. The van der Waals surface area contributed by atoms with Crippen molar-refractivity contribution in [3.63, 3.8) is 0 Å². The van der Waals surface area contributed by atoms with Crippen molar-refractivity contribution in [3.8, 4) is 17.3 Å². The largest absolute Gasteiger partial charge is 0.493 e. The Morgan fingerprint density at radius 3 is 2.83 bits per heavy atom. The molecule has 2 heterocycles. The highest BCUT2D eigenvalue weighted by atomic mass is 32.2. The maximum atomic E-state index is 5.81. The summed E-state index contributed by atoms with van der Waals surface area (Å²) in [6.07, 6.45) is 1.83. The summed E-state index contributed by atoms with van der Waals surface area (Å²) in [5.74, 6) is 2.68. The van der Waals surface area contributed by atoms with Gasteiger partial charge in [-0.1, -0.05) is 31.7 Å². The van der Waals surface area contributed by atoms with Gasteiger partial charge in [0.2, 0.25) is 0 Å². The molecular formula is C18H21N3O2S. The highest BCUT2D eigenvalue weighted by Crippen LogP contribution is 2.24. The summed E-state index contributed by atoms with van der Waals surface area (Å²) < 4.78 is 11.4. The topological polar surface area (TPSA) is 63.9 Å². The van der Waals surface area contributed by atoms with Crippen molar-refractivity contribution < 1.29 is 9.15 Å². The van der Waals surface area contributed by atoms with Crippen LogP contribution in [-0.4, -0.2) is 27.5 Å². The number of nitrogens with one attached hydrogen (secondary N) is 1. The minimum atomic E-state index is 0.503. The Balaban J connectivity index is 1.48. The highest BCUT2D eigenvalue weighted by Gasteiger charge is 2.09. The van der Waals surface area contributed by atoms with Gasteiger partial charge in [-0.25, -0.2) is 0 Å². The molecule has 24 heavy (non-hydrogen) atoms. The van der Waals surface area contributed by atoms with E-state index in [4.69, 9.17) is 9.15 Å². The molecule has 126 valence electrons. The Hall–Kier alpha value is -2.21. The van der Waals surface area contributed by atoms with Gasteiger partial charge in [0.15, 0.2) is 0 Å². The third-order valence-electron chi connectivity index (χ3n) is 3.68. The van der Waals surface area contributed by atoms with E-state index in [1.54, 1.807) is 0 Å². The van der Waals surface area contributed by atoms with Crippen LogP contribution in [0, 0.1) is 6.92 Å². The van der Waals surface area contributed by atoms with Crippen LogP contribution in [0.1, 0.15) is 30.9 Å². The molecule has 0 aliphatic carbocycles. The van der Waals surface area contributed by atoms with Gasteiger partial charge in [-0.3, -0.25) is 0 Å². The lowest BCUT2D eigenvalue weighted by atomic mass is 9.98. The van der Waals surface area contributed by atoms with Gasteiger partial charge < -0.3 is 14.1 Å². The third kappa shape index (κ3) is 4.00. The first kappa shape index (κ1) is 16.6. The molecule has 1 N–H and O–H groups in total. The van der Waals surface area contributed by atoms with Crippen molar-refractivity contribution in [2.75, 3.05) is 12.4 Å². The number of thioether (sulfide) groups is 1. The first-order valence-electron chi connectivity index (χ1n) is 7.97. The van der Waals surface area contributed by atoms with Crippen molar-refractivity contribution in [1.29, 1.82) is 0 Å². The molecule has 3 aromatic rings. The fraction of sp³-hybridized carbons (Fsp3) is 0.333. The van der Waals surface area contributed by atoms with Crippen LogP contribution in [-0.2, 0) is 0 Å². The molecule has 0 fully saturated rings. The second-order valence-corrected chi connectivity index (χ2v) is 6.87. The molecule has 0 bridgehead atoms. The zero-order valence-corrected chi connectivity index (χ0v) is 14.9. The predicted molar refractivity (Wildman–Crippen MR) is 95.6 cm³/mol. The van der Waals surface area contributed by atoms with Gasteiger partial charge >= 0.3 is 0 Å². The van der Waals surface area contributed by atoms with Crippen LogP contribution in [0.3, 0.4) is 0 Å². The van der Waals surface area contributed by atoms with Gasteiger partial charge in [-0.05, 0) is 48.2 Å². The van der Waals surface area contributed by atoms with E-state index in [0.717, 1.165) is 17.2 Å². The molecule has 0 unspecified atom stereocenters. The van der Waals surface area contributed by atoms with E-state index in [2.05, 4.69) is 48.1 Å². The Kier molecular flexibility index (Phi) is 5.25. The summed E-state index contributed by atoms with van der Waals surface area (Å²) in [5, 5.41) is 8.61. The van der Waals surface area contributed by atoms with Gasteiger partial charge in [-0.15, -0.1) is 10.2 Å². The highest BCUT2D eigenvalue weighted by molar-refractivity contribution is 7.99. The van der Waals surface area contributed by atoms with Gasteiger partial charge in [0.05, 0.1) is 6.61 Å². The number of H-pyrrole nitrogens is 1. The van der Waals surface area contributed by atoms with Crippen molar-refractivity contribution in [1.82, 2.24) is 15.2 Å². The Labute approximate surface area is 145 Å². The molecule has 0 radical (unpaired) electrons. The monoisotopic (exact) mass is 343 g/mol. The lowest BCUT2D eigenvalue weighted by Gasteiger charge is -2.12. The van der Waals surface area contributed by atoms with Gasteiger partial charge in [0.1, 0.15) is 11.4 Å². The van der Waals surface area contributed by atoms with Crippen LogP contribution >= 0.6 is 11.8 Å². The van der Waals surface area contributed by atoms with Gasteiger partial charge in [0.25, 0.3) is 11.1 Å². The molecule has 6 heteroatoms. The number of rotatable bonds is 7. The quantitative estimate of drug-likeness (QED) is 0.499. The van der Waals surface area contributed by atoms with E-state index in [9.17, 15) is 0 Å². The number of ether oxygens (including phenoxy) is 1. The molecule has 0 aliphatic heterocycles. The number of benzene rings is 1. The van der Waals surface area contributed by atoms with E-state index in [0.29, 0.717) is 23.6 Å². The number of aromatic nitrogens is 3. The van der Waals surface area contributed by atoms with E-state index in [-0.39, 0.29) is 0 Å². The predicted octanol–water partition coefficient (Wildman–Crippen LogP) is 4.67. The maximum Gasteiger partial charge on any atom is 0.277 e. The standard InChI is InChI=1S/C18H21N3O2S/c1-12(2)15-7-6-14(11-13(15)3)22-9-10-24-18-21-20-17(23-18)16-5-4-8-19-16/h4-8,11-12,19H,9-10H2,1-3H3. The molecule has 0 atom stereocenters. The van der Waals surface area contributed by atoms with Crippen LogP contribution in [0.25, 0.3) is 11.6 Å². The minimum Gasteiger partial charge on any atom is -0.493 e. The normalized spacial score (nSPS) is 11.2. The van der Waals surface area contributed by atoms with E-state index >= 15 is 0 Å². The molecule has 0 amide bonds. The zero-order chi connectivity index (χ0) is 16.9. The summed E-state index contributed by atoms with van der Waals surface area (Å²) in [4.78, 5) is 3.04. The zero-order valence-electron chi connectivity index (χ0n) is 14.1. The number of hydrogen-bond donors (Lipinski definition) is 1. The summed E-state index contributed by atoms with van der Waals surface area (Å²) in [6.45, 7) is 7.11. The van der Waals surface area contributed by atoms with Crippen LogP contribution in [0.2, 0.25) is 0 Å². The molecule has 5 nitrogen and oxygen atoms in total. The van der Waals surface area contributed by atoms with Gasteiger partial charge in [0, 0.05) is 11.9 Å². The number of nitrogens with zero attached hydrogens (tertiary/aromatic N) is 2. The van der Waals surface area contributed by atoms with E-state index in [1.807, 2.05) is 24.4 Å². The number of hydrogen-bond acceptors (Lipinski definition) is 5. The Bertz CT molecular complexity index is 781. The molecular weight excluding hydrogens is 322 g/mol. The van der Waals surface area contributed by atoms with Crippen LogP contribution in [0.15, 0.2) is 46.2 Å². The summed E-state index contributed by atoms with van der Waals surface area (Å²) in [7, 11) is 0. The first-order valence-corrected chi connectivity index (χ1v) is 8.95. The lowest BCUT2D eigenvalue weighted by Crippen LogP contribution is -2.01. The molecule has 0 spiro atoms. The van der Waals surface area contributed by atoms with Crippen LogP contribution in [0.5, 0.6) is 5.75 Å². The Morgan fingerprint density at radius 2 is 2.12 bits per heavy atom. The van der Waals surface area contributed by atoms with Crippen LogP contribution in [0.4, 0.5) is 0 Å². The smallest absolute Gasteiger partial charge is 0.277 e. The average molecular weight is 343 g/mol. The van der Waals surface area contributed by atoms with E-state index < -0.39 is 0 Å². The fourth-order valence-electron chi connectivity index (χ4n) is 2.51. The third-order valence-corrected chi connectivity index (χ3v) is 4.46. The van der Waals surface area contributed by atoms with Crippen molar-refractivity contribution >= 4 is 11.8 Å². The number of aryl methyl sites for hydroxylation is 1. The average Bonchev–Trinajstić information content (AvgIpc) is 3.22. The summed E-state index contributed by atoms with van der Waals surface area (Å²) in [5.41, 5.74) is 3.45. The summed E-state index contributed by atoms with van der Waals surface area (Å²) in [6, 6.07) is 10.1. The SMILES string of the molecule is Cc1cc(OCCSc2nnc(-c3ccc[nH]3)o2)ccc1C(C)C. The molecule has 2 aromatic heterocycles. The molecule has 1 aromatic carbocycles. The maximum absolute atomic E-state index is 5.81. The van der Waals surface area contributed by atoms with Gasteiger partial charge in [-0.2, -0.15) is 0 Å². The molecule has 3 rings (SSSR count). The molecule has 0 saturated heterocycles. The van der Waals surface area contributed by atoms with E-state index in [1.165, 1.54) is 22.9 Å². The van der Waals surface area contributed by atoms with Crippen molar-refractivity contribution in [3.05, 3.63) is 47.7 Å². The first-order chi connectivity index (χ1) is 11.6. The second kappa shape index (κ2) is 7.57. The van der Waals surface area contributed by atoms with Crippen LogP contribution < -0.4 is 4.74 Å². The lowest BCUT2D eigenvalue weighted by molar-refractivity contribution is 0.343. The minimum absolute atomic E-state index is 0.503. The number of aromatic amines is 1.